The fourth-order valence-electron chi connectivity index (χ4n) is 4.66. The molecule has 0 radical (unpaired) electrons. The van der Waals surface area contributed by atoms with Crippen LogP contribution in [0.15, 0.2) is 43.2 Å². The zero-order valence-electron chi connectivity index (χ0n) is 25.9. The number of nitrogens with two attached hydrogens (primary N) is 1. The molecule has 2 unspecified atom stereocenters. The van der Waals surface area contributed by atoms with Gasteiger partial charge in [0.25, 0.3) is 0 Å². The Morgan fingerprint density at radius 3 is 2.66 bits per heavy atom. The van der Waals surface area contributed by atoms with E-state index in [0.29, 0.717) is 12.8 Å². The van der Waals surface area contributed by atoms with E-state index < -0.39 is 50.4 Å². The van der Waals surface area contributed by atoms with Crippen molar-refractivity contribution in [3.05, 3.63) is 43.2 Å². The highest BCUT2D eigenvalue weighted by molar-refractivity contribution is 7.52. The molecule has 0 saturated heterocycles. The van der Waals surface area contributed by atoms with E-state index in [9.17, 15) is 18.9 Å². The SMILES string of the molecule is C#CC(F)[C@H](O)[C@@](F)(CO[P@](=O)(NC(C)C(=O)OC1CCCCC1)Oc1ccccc1)OC(=C)n1cnc2c(OCC)nc(N)nc21. The van der Waals surface area contributed by atoms with E-state index >= 15 is 4.39 Å². The Hall–Kier alpha value is -4.29. The number of aliphatic hydroxyl groups is 1. The highest BCUT2D eigenvalue weighted by Crippen LogP contribution is 2.47. The molecule has 1 aromatic carbocycles. The summed E-state index contributed by atoms with van der Waals surface area (Å²) in [6, 6.07) is 6.41. The van der Waals surface area contributed by atoms with Gasteiger partial charge in [-0.25, -0.2) is 13.9 Å². The highest BCUT2D eigenvalue weighted by Gasteiger charge is 2.49. The summed E-state index contributed by atoms with van der Waals surface area (Å²) < 4.78 is 73.5. The number of rotatable bonds is 16. The van der Waals surface area contributed by atoms with E-state index in [1.54, 1.807) is 31.0 Å². The number of aromatic nitrogens is 4. The summed E-state index contributed by atoms with van der Waals surface area (Å²) in [4.78, 5) is 25.0. The van der Waals surface area contributed by atoms with Crippen molar-refractivity contribution < 1.29 is 46.5 Å². The van der Waals surface area contributed by atoms with Crippen LogP contribution in [0.1, 0.15) is 46.0 Å². The van der Waals surface area contributed by atoms with Gasteiger partial charge >= 0.3 is 19.6 Å². The molecular formula is C30H37F2N6O8P. The third-order valence-corrected chi connectivity index (χ3v) is 8.66. The van der Waals surface area contributed by atoms with Crippen LogP contribution in [-0.2, 0) is 23.4 Å². The number of alkyl halides is 2. The Morgan fingerprint density at radius 1 is 1.30 bits per heavy atom. The standard InChI is InChI=1S/C30H37F2N6O8P/c1-5-23(31)25(39)30(32,45-20(4)38-18-34-24-26(38)35-29(33)36-27(24)42-6-2)17-43-47(41,46-22-15-11-8-12-16-22)37-19(3)28(40)44-21-13-9-7-10-14-21/h1,8,11-12,15-16,18-19,21,23,25,39H,4,6-7,9-10,13-14,17H2,2-3H3,(H,37,41)(H2,33,35,36)/t19?,23?,25-,30+,47+/m0/s1. The fraction of sp³-hybridized carbons (Fsp3) is 0.467. The predicted octanol–water partition coefficient (Wildman–Crippen LogP) is 4.31. The number of nitrogens with one attached hydrogen (secondary N) is 1. The third-order valence-electron chi connectivity index (χ3n) is 7.04. The maximum atomic E-state index is 16.6. The van der Waals surface area contributed by atoms with Crippen LogP contribution in [-0.4, -0.2) is 74.1 Å². The number of nitrogens with zero attached hydrogens (tertiary/aromatic N) is 4. The van der Waals surface area contributed by atoms with Crippen molar-refractivity contribution in [3.63, 3.8) is 0 Å². The smallest absolute Gasteiger partial charge is 0.459 e. The molecule has 5 atom stereocenters. The van der Waals surface area contributed by atoms with Crippen LogP contribution in [0.3, 0.4) is 0 Å². The number of ether oxygens (including phenoxy) is 3. The number of anilines is 1. The number of carbonyl (C=O) groups excluding carboxylic acids is 1. The summed E-state index contributed by atoms with van der Waals surface area (Å²) in [5, 5.41) is 13.1. The molecule has 0 aliphatic heterocycles. The molecule has 2 aromatic heterocycles. The topological polar surface area (TPSA) is 182 Å². The lowest BCUT2D eigenvalue weighted by Crippen LogP contribution is -2.49. The van der Waals surface area contributed by atoms with Gasteiger partial charge in [0.2, 0.25) is 11.8 Å². The minimum Gasteiger partial charge on any atom is -0.476 e. The summed E-state index contributed by atoms with van der Waals surface area (Å²) in [5.74, 6) is -3.47. The Balaban J connectivity index is 1.60. The molecule has 0 bridgehead atoms. The maximum absolute atomic E-state index is 16.6. The molecule has 4 N–H and O–H groups in total. The van der Waals surface area contributed by atoms with Gasteiger partial charge in [0, 0.05) is 0 Å². The second-order valence-corrected chi connectivity index (χ2v) is 12.3. The van der Waals surface area contributed by atoms with Crippen molar-refractivity contribution >= 4 is 36.7 Å². The number of esters is 1. The Kier molecular flexibility index (Phi) is 11.8. The Bertz CT molecular complexity index is 1630. The predicted molar refractivity (Wildman–Crippen MR) is 167 cm³/mol. The summed E-state index contributed by atoms with van der Waals surface area (Å²) in [7, 11) is -4.70. The second-order valence-electron chi connectivity index (χ2n) is 10.6. The number of imidazole rings is 1. The normalized spacial score (nSPS) is 18.1. The van der Waals surface area contributed by atoms with Crippen LogP contribution in [0.5, 0.6) is 11.6 Å². The first-order valence-corrected chi connectivity index (χ1v) is 16.4. The molecule has 0 amide bonds. The number of para-hydroxylation sites is 1. The summed E-state index contributed by atoms with van der Waals surface area (Å²) >= 11 is 0. The molecule has 3 aromatic rings. The zero-order chi connectivity index (χ0) is 34.2. The monoisotopic (exact) mass is 678 g/mol. The largest absolute Gasteiger partial charge is 0.476 e. The van der Waals surface area contributed by atoms with Crippen molar-refractivity contribution in [2.45, 2.75) is 76.2 Å². The number of halogens is 2. The average molecular weight is 679 g/mol. The van der Waals surface area contributed by atoms with Gasteiger partial charge in [0.05, 0.1) is 6.61 Å². The number of carbonyl (C=O) groups is 1. The van der Waals surface area contributed by atoms with Gasteiger partial charge in [-0.1, -0.05) is 30.5 Å². The van der Waals surface area contributed by atoms with Crippen LogP contribution in [0, 0.1) is 12.3 Å². The number of nitrogen functional groups attached to an aromatic ring is 1. The summed E-state index contributed by atoms with van der Waals surface area (Å²) in [5.41, 5.74) is 5.87. The molecule has 4 rings (SSSR count). The number of aliphatic hydroxyl groups excluding tert-OH is 1. The number of hydrogen-bond acceptors (Lipinski definition) is 12. The zero-order valence-corrected chi connectivity index (χ0v) is 26.8. The lowest BCUT2D eigenvalue weighted by atomic mass is 9.98. The highest BCUT2D eigenvalue weighted by atomic mass is 31.2. The molecule has 1 saturated carbocycles. The molecule has 2 heterocycles. The van der Waals surface area contributed by atoms with Crippen molar-refractivity contribution in [3.8, 4) is 24.0 Å². The summed E-state index contributed by atoms with van der Waals surface area (Å²) in [6.45, 7) is 5.48. The fourth-order valence-corrected chi connectivity index (χ4v) is 6.17. The van der Waals surface area contributed by atoms with Crippen molar-refractivity contribution in [2.24, 2.45) is 0 Å². The molecule has 1 aliphatic carbocycles. The minimum atomic E-state index is -4.70. The van der Waals surface area contributed by atoms with E-state index in [4.69, 9.17) is 35.4 Å². The average Bonchev–Trinajstić information content (AvgIpc) is 3.48. The van der Waals surface area contributed by atoms with Crippen LogP contribution < -0.4 is 20.1 Å². The van der Waals surface area contributed by atoms with E-state index in [-0.39, 0.29) is 41.5 Å². The quantitative estimate of drug-likeness (QED) is 0.0845. The molecule has 17 heteroatoms. The van der Waals surface area contributed by atoms with Crippen molar-refractivity contribution in [2.75, 3.05) is 18.9 Å². The van der Waals surface area contributed by atoms with Gasteiger partial charge in [-0.15, -0.1) is 6.42 Å². The first-order chi connectivity index (χ1) is 22.4. The maximum Gasteiger partial charge on any atom is 0.459 e. The molecular weight excluding hydrogens is 641 g/mol. The van der Waals surface area contributed by atoms with Crippen molar-refractivity contribution in [1.29, 1.82) is 0 Å². The molecule has 1 fully saturated rings. The molecule has 254 valence electrons. The van der Waals surface area contributed by atoms with Gasteiger partial charge in [-0.2, -0.15) is 19.4 Å². The van der Waals surface area contributed by atoms with Crippen LogP contribution >= 0.6 is 7.75 Å². The van der Waals surface area contributed by atoms with Gasteiger partial charge in [0.1, 0.15) is 30.8 Å². The number of benzene rings is 1. The molecule has 47 heavy (non-hydrogen) atoms. The lowest BCUT2D eigenvalue weighted by molar-refractivity contribution is -0.198. The minimum absolute atomic E-state index is 0.0192. The molecule has 1 aliphatic rings. The van der Waals surface area contributed by atoms with E-state index in [0.717, 1.165) is 30.2 Å². The van der Waals surface area contributed by atoms with Gasteiger partial charge in [-0.3, -0.25) is 13.9 Å². The van der Waals surface area contributed by atoms with Gasteiger partial charge in [-0.05, 0) is 58.2 Å². The number of fused-ring (bicyclic) bond motifs is 1. The summed E-state index contributed by atoms with van der Waals surface area (Å²) in [6.07, 6.45) is 4.83. The van der Waals surface area contributed by atoms with E-state index in [1.165, 1.54) is 19.1 Å². The van der Waals surface area contributed by atoms with Crippen LogP contribution in [0.4, 0.5) is 14.7 Å². The van der Waals surface area contributed by atoms with Crippen molar-refractivity contribution in [1.82, 2.24) is 24.6 Å². The second kappa shape index (κ2) is 15.5. The van der Waals surface area contributed by atoms with Gasteiger partial charge in [0.15, 0.2) is 29.3 Å². The molecule has 0 spiro atoms. The van der Waals surface area contributed by atoms with E-state index in [1.807, 2.05) is 0 Å². The lowest BCUT2D eigenvalue weighted by Gasteiger charge is -2.33. The third kappa shape index (κ3) is 8.95. The Morgan fingerprint density at radius 2 is 2.00 bits per heavy atom. The number of hydrogen-bond donors (Lipinski definition) is 3. The van der Waals surface area contributed by atoms with Gasteiger partial charge < -0.3 is 29.6 Å². The van der Waals surface area contributed by atoms with Crippen LogP contribution in [0.25, 0.3) is 17.0 Å². The first kappa shape index (κ1) is 35.6. The first-order valence-electron chi connectivity index (χ1n) is 14.8. The van der Waals surface area contributed by atoms with Crippen LogP contribution in [0.2, 0.25) is 0 Å². The number of terminal acetylenes is 1. The Labute approximate surface area is 270 Å². The van der Waals surface area contributed by atoms with E-state index in [2.05, 4.69) is 26.6 Å². The molecule has 14 nitrogen and oxygen atoms in total.